The molecule has 1 aliphatic rings. The summed E-state index contributed by atoms with van der Waals surface area (Å²) in [5.74, 6) is 1.14. The molecule has 3 aromatic carbocycles. The SMILES string of the molecule is CCOc1cc(/C=C2/SC(=Nc3cccc(Cl)c3C)NC2=O)cc(I)c1OCc1ccccc1. The molecule has 0 atom stereocenters. The second-order valence-corrected chi connectivity index (χ2v) is 10.0. The van der Waals surface area contributed by atoms with Gasteiger partial charge in [0.2, 0.25) is 0 Å². The van der Waals surface area contributed by atoms with Crippen LogP contribution in [0.25, 0.3) is 6.08 Å². The second-order valence-electron chi connectivity index (χ2n) is 7.40. The average molecular weight is 605 g/mol. The number of rotatable bonds is 7. The Morgan fingerprint density at radius 2 is 1.91 bits per heavy atom. The van der Waals surface area contributed by atoms with Gasteiger partial charge in [-0.2, -0.15) is 0 Å². The van der Waals surface area contributed by atoms with Crippen LogP contribution in [0.3, 0.4) is 0 Å². The van der Waals surface area contributed by atoms with Crippen LogP contribution in [-0.4, -0.2) is 17.7 Å². The molecule has 0 bridgehead atoms. The van der Waals surface area contributed by atoms with Crippen LogP contribution in [0, 0.1) is 10.5 Å². The third-order valence-electron chi connectivity index (χ3n) is 4.97. The topological polar surface area (TPSA) is 59.9 Å². The number of aliphatic imine (C=N–C) groups is 1. The van der Waals surface area contributed by atoms with Crippen molar-refractivity contribution in [3.8, 4) is 11.5 Å². The van der Waals surface area contributed by atoms with Gasteiger partial charge in [0.15, 0.2) is 16.7 Å². The third-order valence-corrected chi connectivity index (χ3v) is 7.09. The number of carbonyl (C=O) groups is 1. The molecular weight excluding hydrogens is 583 g/mol. The van der Waals surface area contributed by atoms with Gasteiger partial charge >= 0.3 is 0 Å². The zero-order chi connectivity index (χ0) is 24.1. The Bertz CT molecular complexity index is 1280. The van der Waals surface area contributed by atoms with Crippen LogP contribution >= 0.6 is 46.0 Å². The van der Waals surface area contributed by atoms with Gasteiger partial charge in [0, 0.05) is 5.02 Å². The van der Waals surface area contributed by atoms with Crippen molar-refractivity contribution in [3.05, 3.63) is 90.9 Å². The number of benzene rings is 3. The number of amidine groups is 1. The van der Waals surface area contributed by atoms with E-state index in [1.807, 2.05) is 80.6 Å². The molecule has 0 radical (unpaired) electrons. The summed E-state index contributed by atoms with van der Waals surface area (Å²) < 4.78 is 12.9. The Kier molecular flexibility index (Phi) is 8.18. The van der Waals surface area contributed by atoms with Crippen LogP contribution in [0.15, 0.2) is 70.6 Å². The highest BCUT2D eigenvalue weighted by molar-refractivity contribution is 14.1. The lowest BCUT2D eigenvalue weighted by molar-refractivity contribution is -0.115. The van der Waals surface area contributed by atoms with E-state index in [0.29, 0.717) is 39.8 Å². The second kappa shape index (κ2) is 11.3. The fraction of sp³-hybridized carbons (Fsp3) is 0.154. The lowest BCUT2D eigenvalue weighted by atomic mass is 10.2. The number of hydrogen-bond donors (Lipinski definition) is 1. The summed E-state index contributed by atoms with van der Waals surface area (Å²) in [4.78, 5) is 17.7. The van der Waals surface area contributed by atoms with Crippen molar-refractivity contribution in [2.45, 2.75) is 20.5 Å². The predicted octanol–water partition coefficient (Wildman–Crippen LogP) is 7.12. The molecule has 0 spiro atoms. The van der Waals surface area contributed by atoms with Gasteiger partial charge in [-0.3, -0.25) is 4.79 Å². The molecule has 174 valence electrons. The van der Waals surface area contributed by atoms with Gasteiger partial charge in [-0.25, -0.2) is 4.99 Å². The molecule has 5 nitrogen and oxygen atoms in total. The fourth-order valence-electron chi connectivity index (χ4n) is 3.26. The molecule has 1 N–H and O–H groups in total. The van der Waals surface area contributed by atoms with Crippen molar-refractivity contribution in [1.29, 1.82) is 0 Å². The van der Waals surface area contributed by atoms with Gasteiger partial charge in [-0.1, -0.05) is 48.0 Å². The standard InChI is InChI=1S/C26H22ClIN2O3S/c1-3-32-22-13-18(12-20(28)24(22)33-15-17-8-5-4-6-9-17)14-23-25(31)30-26(34-23)29-21-11-7-10-19(27)16(21)2/h4-14H,3,15H2,1-2H3,(H,29,30,31)/b23-14+. The van der Waals surface area contributed by atoms with Crippen LogP contribution in [0.4, 0.5) is 5.69 Å². The van der Waals surface area contributed by atoms with Gasteiger partial charge in [-0.15, -0.1) is 0 Å². The van der Waals surface area contributed by atoms with E-state index in [2.05, 4.69) is 32.9 Å². The summed E-state index contributed by atoms with van der Waals surface area (Å²) in [7, 11) is 0. The number of carbonyl (C=O) groups excluding carboxylic acids is 1. The van der Waals surface area contributed by atoms with Crippen molar-refractivity contribution < 1.29 is 14.3 Å². The minimum atomic E-state index is -0.194. The molecular formula is C26H22ClIN2O3S. The van der Waals surface area contributed by atoms with E-state index >= 15 is 0 Å². The van der Waals surface area contributed by atoms with Crippen LogP contribution in [0.5, 0.6) is 11.5 Å². The first-order valence-corrected chi connectivity index (χ1v) is 12.9. The minimum absolute atomic E-state index is 0.194. The Labute approximate surface area is 221 Å². The highest BCUT2D eigenvalue weighted by Gasteiger charge is 2.24. The number of nitrogens with zero attached hydrogens (tertiary/aromatic N) is 1. The molecule has 1 amide bonds. The van der Waals surface area contributed by atoms with Crippen LogP contribution in [0.1, 0.15) is 23.6 Å². The van der Waals surface area contributed by atoms with E-state index in [1.165, 1.54) is 11.8 Å². The Morgan fingerprint density at radius 1 is 1.12 bits per heavy atom. The van der Waals surface area contributed by atoms with Crippen molar-refractivity contribution >= 4 is 68.8 Å². The summed E-state index contributed by atoms with van der Waals surface area (Å²) in [6.45, 7) is 4.78. The lowest BCUT2D eigenvalue weighted by Crippen LogP contribution is -2.19. The molecule has 0 unspecified atom stereocenters. The number of nitrogens with one attached hydrogen (secondary N) is 1. The molecule has 1 fully saturated rings. The zero-order valence-corrected chi connectivity index (χ0v) is 22.3. The van der Waals surface area contributed by atoms with E-state index in [-0.39, 0.29) is 5.91 Å². The van der Waals surface area contributed by atoms with Gasteiger partial charge in [0.1, 0.15) is 6.61 Å². The number of ether oxygens (including phenoxy) is 2. The fourth-order valence-corrected chi connectivity index (χ4v) is 5.05. The quantitative estimate of drug-likeness (QED) is 0.230. The van der Waals surface area contributed by atoms with Gasteiger partial charge < -0.3 is 14.8 Å². The summed E-state index contributed by atoms with van der Waals surface area (Å²) in [6, 6.07) is 19.4. The van der Waals surface area contributed by atoms with Crippen LogP contribution in [-0.2, 0) is 11.4 Å². The van der Waals surface area contributed by atoms with Gasteiger partial charge in [-0.05, 0) is 95.2 Å². The van der Waals surface area contributed by atoms with Crippen LogP contribution < -0.4 is 14.8 Å². The van der Waals surface area contributed by atoms with E-state index in [1.54, 1.807) is 0 Å². The summed E-state index contributed by atoms with van der Waals surface area (Å²) in [5.41, 5.74) is 3.51. The Morgan fingerprint density at radius 3 is 2.68 bits per heavy atom. The molecule has 0 aromatic heterocycles. The molecule has 4 rings (SSSR count). The highest BCUT2D eigenvalue weighted by atomic mass is 127. The van der Waals surface area contributed by atoms with Crippen LogP contribution in [0.2, 0.25) is 5.02 Å². The average Bonchev–Trinajstić information content (AvgIpc) is 3.15. The molecule has 1 heterocycles. The molecule has 8 heteroatoms. The minimum Gasteiger partial charge on any atom is -0.490 e. The molecule has 1 saturated heterocycles. The maximum atomic E-state index is 12.6. The van der Waals surface area contributed by atoms with Gasteiger partial charge in [0.25, 0.3) is 5.91 Å². The Hall–Kier alpha value is -2.49. The smallest absolute Gasteiger partial charge is 0.264 e. The maximum absolute atomic E-state index is 12.6. The normalized spacial score (nSPS) is 15.6. The predicted molar refractivity (Wildman–Crippen MR) is 148 cm³/mol. The van der Waals surface area contributed by atoms with E-state index in [9.17, 15) is 4.79 Å². The van der Waals surface area contributed by atoms with E-state index in [0.717, 1.165) is 25.9 Å². The summed E-state index contributed by atoms with van der Waals surface area (Å²) in [6.07, 6.45) is 1.83. The van der Waals surface area contributed by atoms with Crippen molar-refractivity contribution in [2.24, 2.45) is 4.99 Å². The molecule has 0 aliphatic carbocycles. The highest BCUT2D eigenvalue weighted by Crippen LogP contribution is 2.37. The maximum Gasteiger partial charge on any atom is 0.264 e. The van der Waals surface area contributed by atoms with Crippen molar-refractivity contribution in [2.75, 3.05) is 6.61 Å². The van der Waals surface area contributed by atoms with Crippen molar-refractivity contribution in [3.63, 3.8) is 0 Å². The first-order chi connectivity index (χ1) is 16.4. The monoisotopic (exact) mass is 604 g/mol. The first-order valence-electron chi connectivity index (χ1n) is 10.6. The van der Waals surface area contributed by atoms with Gasteiger partial charge in [0.05, 0.1) is 20.8 Å². The lowest BCUT2D eigenvalue weighted by Gasteiger charge is -2.15. The molecule has 1 aliphatic heterocycles. The molecule has 0 saturated carbocycles. The van der Waals surface area contributed by atoms with E-state index in [4.69, 9.17) is 21.1 Å². The number of halogens is 2. The summed E-state index contributed by atoms with van der Waals surface area (Å²) >= 11 is 9.72. The molecule has 34 heavy (non-hydrogen) atoms. The Balaban J connectivity index is 1.57. The number of amides is 1. The van der Waals surface area contributed by atoms with E-state index < -0.39 is 0 Å². The first kappa shape index (κ1) is 24.6. The zero-order valence-electron chi connectivity index (χ0n) is 18.6. The largest absolute Gasteiger partial charge is 0.490 e. The third kappa shape index (κ3) is 5.95. The number of hydrogen-bond acceptors (Lipinski definition) is 5. The summed E-state index contributed by atoms with van der Waals surface area (Å²) in [5, 5.41) is 3.98. The van der Waals surface area contributed by atoms with Crippen molar-refractivity contribution in [1.82, 2.24) is 5.32 Å². The molecule has 3 aromatic rings. The number of thioether (sulfide) groups is 1.